The van der Waals surface area contributed by atoms with E-state index in [0.717, 1.165) is 16.7 Å². The first kappa shape index (κ1) is 18.5. The average Bonchev–Trinajstić information content (AvgIpc) is 3.22. The summed E-state index contributed by atoms with van der Waals surface area (Å²) >= 11 is 6.25. The Bertz CT molecular complexity index is 703. The normalized spacial score (nSPS) is 35.4. The molecule has 10 heteroatoms. The Hall–Kier alpha value is -1.27. The van der Waals surface area contributed by atoms with E-state index in [9.17, 15) is 25.2 Å². The van der Waals surface area contributed by atoms with Gasteiger partial charge in [0, 0.05) is 5.57 Å². The van der Waals surface area contributed by atoms with Gasteiger partial charge in [0.05, 0.1) is 17.8 Å². The molecule has 1 amide bonds. The van der Waals surface area contributed by atoms with Crippen molar-refractivity contribution >= 4 is 39.8 Å². The van der Waals surface area contributed by atoms with Crippen LogP contribution < -0.4 is 0 Å². The van der Waals surface area contributed by atoms with Gasteiger partial charge in [-0.2, -0.15) is 0 Å². The minimum absolute atomic E-state index is 0.134. The summed E-state index contributed by atoms with van der Waals surface area (Å²) < 4.78 is 10.8. The van der Waals surface area contributed by atoms with Crippen molar-refractivity contribution in [2.24, 2.45) is 0 Å². The first-order chi connectivity index (χ1) is 11.9. The fourth-order valence-electron chi connectivity index (χ4n) is 2.73. The average molecular weight is 387 g/mol. The van der Waals surface area contributed by atoms with Crippen molar-refractivity contribution in [3.8, 4) is 0 Å². The number of allylic oxidation sites excluding steroid dienone is 1. The molecule has 25 heavy (non-hydrogen) atoms. The van der Waals surface area contributed by atoms with E-state index in [0.29, 0.717) is 16.2 Å². The molecule has 136 valence electrons. The Morgan fingerprint density at radius 3 is 2.64 bits per heavy atom. The molecule has 0 radical (unpaired) electrons. The number of ether oxygens (including phenoxy) is 1. The van der Waals surface area contributed by atoms with Crippen LogP contribution in [0.15, 0.2) is 27.7 Å². The van der Waals surface area contributed by atoms with Crippen LogP contribution >= 0.6 is 24.0 Å². The molecule has 3 rings (SSSR count). The van der Waals surface area contributed by atoms with Crippen LogP contribution in [0.3, 0.4) is 0 Å². The largest absolute Gasteiger partial charge is 0.465 e. The maximum atomic E-state index is 12.8. The number of hydrogen-bond acceptors (Lipinski definition) is 9. The molecular formula is C15H17NO7S2. The molecule has 0 aromatic carbocycles. The van der Waals surface area contributed by atoms with Crippen molar-refractivity contribution in [2.45, 2.75) is 37.6 Å². The van der Waals surface area contributed by atoms with E-state index in [-0.39, 0.29) is 4.32 Å². The smallest absolute Gasteiger partial charge is 0.268 e. The molecule has 2 aliphatic heterocycles. The second-order valence-electron chi connectivity index (χ2n) is 5.69. The van der Waals surface area contributed by atoms with Gasteiger partial charge in [0.2, 0.25) is 0 Å². The molecule has 8 nitrogen and oxygen atoms in total. The van der Waals surface area contributed by atoms with E-state index in [1.54, 1.807) is 19.1 Å². The number of furan rings is 1. The minimum Gasteiger partial charge on any atom is -0.465 e. The van der Waals surface area contributed by atoms with Crippen molar-refractivity contribution in [3.05, 3.63) is 29.1 Å². The first-order valence-corrected chi connectivity index (χ1v) is 8.70. The summed E-state index contributed by atoms with van der Waals surface area (Å²) in [5, 5.41) is 39.3. The number of rotatable bonds is 3. The first-order valence-electron chi connectivity index (χ1n) is 7.47. The Labute approximate surface area is 152 Å². The molecule has 5 unspecified atom stereocenters. The zero-order valence-corrected chi connectivity index (χ0v) is 14.7. The Morgan fingerprint density at radius 1 is 1.32 bits per heavy atom. The third-order valence-corrected chi connectivity index (χ3v) is 5.65. The van der Waals surface area contributed by atoms with Crippen LogP contribution in [0.2, 0.25) is 0 Å². The van der Waals surface area contributed by atoms with Gasteiger partial charge in [-0.25, -0.2) is 0 Å². The molecule has 1 aromatic rings. The van der Waals surface area contributed by atoms with Crippen molar-refractivity contribution in [2.75, 3.05) is 6.61 Å². The summed E-state index contributed by atoms with van der Waals surface area (Å²) in [6, 6.07) is 3.40. The minimum atomic E-state index is -1.59. The summed E-state index contributed by atoms with van der Waals surface area (Å²) in [5.74, 6) is 0.00234. The van der Waals surface area contributed by atoms with Crippen molar-refractivity contribution < 1.29 is 34.4 Å². The summed E-state index contributed by atoms with van der Waals surface area (Å²) in [6.07, 6.45) is -5.63. The Morgan fingerprint density at radius 2 is 2.04 bits per heavy atom. The number of nitrogens with zero attached hydrogens (tertiary/aromatic N) is 1. The number of thioether (sulfide) groups is 1. The molecule has 5 atom stereocenters. The molecule has 2 fully saturated rings. The van der Waals surface area contributed by atoms with Gasteiger partial charge in [0.1, 0.15) is 30.2 Å². The fraction of sp³-hybridized carbons (Fsp3) is 0.467. The van der Waals surface area contributed by atoms with Gasteiger partial charge in [-0.1, -0.05) is 24.0 Å². The molecule has 0 spiro atoms. The van der Waals surface area contributed by atoms with Gasteiger partial charge in [0.15, 0.2) is 10.5 Å². The van der Waals surface area contributed by atoms with E-state index in [1.165, 1.54) is 6.26 Å². The van der Waals surface area contributed by atoms with Crippen molar-refractivity contribution in [1.82, 2.24) is 4.90 Å². The van der Waals surface area contributed by atoms with Crippen LogP contribution in [0.5, 0.6) is 0 Å². The SMILES string of the molecule is C/C(=C1\SC(=S)N(C2OC(CO)C(O)C(O)C2O)C1=O)c1ccco1. The summed E-state index contributed by atoms with van der Waals surface area (Å²) in [4.78, 5) is 14.2. The number of carbonyl (C=O) groups is 1. The van der Waals surface area contributed by atoms with Gasteiger partial charge in [-0.15, -0.1) is 0 Å². The highest BCUT2D eigenvalue weighted by Gasteiger charge is 2.50. The van der Waals surface area contributed by atoms with Crippen LogP contribution in [0.25, 0.3) is 5.57 Å². The van der Waals surface area contributed by atoms with E-state index < -0.39 is 43.2 Å². The lowest BCUT2D eigenvalue weighted by Gasteiger charge is -2.42. The summed E-state index contributed by atoms with van der Waals surface area (Å²) in [5.41, 5.74) is 0.578. The summed E-state index contributed by atoms with van der Waals surface area (Å²) in [6.45, 7) is 1.12. The van der Waals surface area contributed by atoms with E-state index >= 15 is 0 Å². The summed E-state index contributed by atoms with van der Waals surface area (Å²) in [7, 11) is 0. The second-order valence-corrected chi connectivity index (χ2v) is 7.34. The quantitative estimate of drug-likeness (QED) is 0.408. The van der Waals surface area contributed by atoms with Gasteiger partial charge >= 0.3 is 0 Å². The molecule has 0 aliphatic carbocycles. The monoisotopic (exact) mass is 387 g/mol. The number of aliphatic hydroxyl groups excluding tert-OH is 4. The van der Waals surface area contributed by atoms with Crippen LogP contribution in [0, 0.1) is 0 Å². The molecule has 1 aromatic heterocycles. The third kappa shape index (κ3) is 3.14. The topological polar surface area (TPSA) is 124 Å². The maximum absolute atomic E-state index is 12.8. The molecule has 4 N–H and O–H groups in total. The number of hydrogen-bond donors (Lipinski definition) is 4. The van der Waals surface area contributed by atoms with Crippen molar-refractivity contribution in [3.63, 3.8) is 0 Å². The van der Waals surface area contributed by atoms with E-state index in [2.05, 4.69) is 0 Å². The number of thiocarbonyl (C=S) groups is 1. The molecule has 3 heterocycles. The van der Waals surface area contributed by atoms with E-state index in [1.807, 2.05) is 0 Å². The molecule has 0 bridgehead atoms. The zero-order chi connectivity index (χ0) is 18.3. The number of amides is 1. The number of aliphatic hydroxyl groups is 4. The Balaban J connectivity index is 1.91. The van der Waals surface area contributed by atoms with Crippen LogP contribution in [0.1, 0.15) is 12.7 Å². The van der Waals surface area contributed by atoms with Crippen molar-refractivity contribution in [1.29, 1.82) is 0 Å². The molecule has 0 saturated carbocycles. The highest BCUT2D eigenvalue weighted by Crippen LogP contribution is 2.39. The second kappa shape index (κ2) is 7.16. The van der Waals surface area contributed by atoms with Gasteiger partial charge in [-0.3, -0.25) is 9.69 Å². The zero-order valence-electron chi connectivity index (χ0n) is 13.1. The lowest BCUT2D eigenvalue weighted by Crippen LogP contribution is -2.63. The van der Waals surface area contributed by atoms with Crippen LogP contribution in [-0.2, 0) is 9.53 Å². The molecule has 2 aliphatic rings. The maximum Gasteiger partial charge on any atom is 0.268 e. The van der Waals surface area contributed by atoms with Gasteiger partial charge < -0.3 is 29.6 Å². The van der Waals surface area contributed by atoms with Crippen LogP contribution in [0.4, 0.5) is 0 Å². The lowest BCUT2D eigenvalue weighted by atomic mass is 9.98. The van der Waals surface area contributed by atoms with E-state index in [4.69, 9.17) is 21.4 Å². The lowest BCUT2D eigenvalue weighted by molar-refractivity contribution is -0.252. The highest BCUT2D eigenvalue weighted by atomic mass is 32.2. The Kier molecular flexibility index (Phi) is 5.30. The predicted molar refractivity (Wildman–Crippen MR) is 92.1 cm³/mol. The fourth-order valence-corrected chi connectivity index (χ4v) is 4.06. The number of carbonyl (C=O) groups excluding carboxylic acids is 1. The predicted octanol–water partition coefficient (Wildman–Crippen LogP) is -0.329. The van der Waals surface area contributed by atoms with Gasteiger partial charge in [-0.05, 0) is 19.1 Å². The molecule has 2 saturated heterocycles. The van der Waals surface area contributed by atoms with Gasteiger partial charge in [0.25, 0.3) is 5.91 Å². The highest BCUT2D eigenvalue weighted by molar-refractivity contribution is 8.26. The van der Waals surface area contributed by atoms with Crippen LogP contribution in [-0.4, -0.2) is 72.8 Å². The third-order valence-electron chi connectivity index (χ3n) is 4.15. The standard InChI is InChI=1S/C15H17NO7S2/c1-6(7-3-2-4-22-7)12-13(21)16(15(24)25-12)14-11(20)10(19)9(18)8(5-17)23-14/h2-4,8-11,14,17-20H,5H2,1H3/b12-6+. The molecular weight excluding hydrogens is 370 g/mol.